The van der Waals surface area contributed by atoms with E-state index >= 15 is 0 Å². The van der Waals surface area contributed by atoms with Crippen LogP contribution in [-0.4, -0.2) is 5.71 Å². The molecule has 1 heteroatoms. The van der Waals surface area contributed by atoms with Crippen LogP contribution in [-0.2, 0) is 17.3 Å². The lowest BCUT2D eigenvalue weighted by atomic mass is 9.61. The molecule has 33 heavy (non-hydrogen) atoms. The molecule has 0 atom stereocenters. The molecular weight excluding hydrogens is 398 g/mol. The Kier molecular flexibility index (Phi) is 3.64. The van der Waals surface area contributed by atoms with Gasteiger partial charge in [-0.3, -0.25) is 4.99 Å². The van der Waals surface area contributed by atoms with Crippen LogP contribution in [0.3, 0.4) is 0 Å². The maximum atomic E-state index is 5.03. The second kappa shape index (κ2) is 6.23. The molecule has 1 aliphatic carbocycles. The second-order valence-electron chi connectivity index (χ2n) is 11.5. The predicted molar refractivity (Wildman–Crippen MR) is 142 cm³/mol. The van der Waals surface area contributed by atoms with Gasteiger partial charge in [0.05, 0.1) is 11.4 Å². The van der Waals surface area contributed by atoms with Crippen molar-refractivity contribution in [3.63, 3.8) is 0 Å². The lowest BCUT2D eigenvalue weighted by Gasteiger charge is -2.43. The van der Waals surface area contributed by atoms with Gasteiger partial charge in [0, 0.05) is 12.0 Å². The third-order valence-corrected chi connectivity index (χ3v) is 8.48. The van der Waals surface area contributed by atoms with Gasteiger partial charge in [0.1, 0.15) is 0 Å². The van der Waals surface area contributed by atoms with Gasteiger partial charge in [0.15, 0.2) is 0 Å². The lowest BCUT2D eigenvalue weighted by molar-refractivity contribution is 0.335. The lowest BCUT2D eigenvalue weighted by Crippen LogP contribution is -2.34. The SMILES string of the molecule is CC1(C)CCC(C)(C)c2c1cc1ccc3c(C4=Nc5ccccc5C4)ccc4ccc2c1c43. The van der Waals surface area contributed by atoms with Crippen molar-refractivity contribution >= 4 is 43.7 Å². The van der Waals surface area contributed by atoms with Gasteiger partial charge in [-0.15, -0.1) is 0 Å². The minimum atomic E-state index is 0.188. The largest absolute Gasteiger partial charge is 0.252 e. The van der Waals surface area contributed by atoms with Gasteiger partial charge in [-0.25, -0.2) is 0 Å². The smallest absolute Gasteiger partial charge is 0.0669 e. The Bertz CT molecular complexity index is 1630. The van der Waals surface area contributed by atoms with E-state index in [4.69, 9.17) is 4.99 Å². The summed E-state index contributed by atoms with van der Waals surface area (Å²) in [5, 5.41) is 8.34. The number of hydrogen-bond donors (Lipinski definition) is 0. The fraction of sp³-hybridized carbons (Fsp3) is 0.281. The minimum absolute atomic E-state index is 0.188. The van der Waals surface area contributed by atoms with Gasteiger partial charge in [-0.2, -0.15) is 0 Å². The van der Waals surface area contributed by atoms with Gasteiger partial charge >= 0.3 is 0 Å². The van der Waals surface area contributed by atoms with Gasteiger partial charge < -0.3 is 0 Å². The first-order chi connectivity index (χ1) is 15.8. The third-order valence-electron chi connectivity index (χ3n) is 8.48. The monoisotopic (exact) mass is 427 g/mol. The van der Waals surface area contributed by atoms with Crippen molar-refractivity contribution in [2.24, 2.45) is 4.99 Å². The van der Waals surface area contributed by atoms with Gasteiger partial charge in [-0.1, -0.05) is 88.4 Å². The van der Waals surface area contributed by atoms with E-state index < -0.39 is 0 Å². The highest BCUT2D eigenvalue weighted by Gasteiger charge is 2.38. The summed E-state index contributed by atoms with van der Waals surface area (Å²) in [4.78, 5) is 5.03. The molecule has 2 aliphatic rings. The first-order valence-electron chi connectivity index (χ1n) is 12.2. The van der Waals surface area contributed by atoms with E-state index in [1.807, 2.05) is 0 Å². The summed E-state index contributed by atoms with van der Waals surface area (Å²) < 4.78 is 0. The molecule has 5 aromatic rings. The Labute approximate surface area is 195 Å². The van der Waals surface area contributed by atoms with Crippen molar-refractivity contribution < 1.29 is 0 Å². The third kappa shape index (κ3) is 2.57. The van der Waals surface area contributed by atoms with Crippen molar-refractivity contribution in [3.05, 3.63) is 89.0 Å². The fourth-order valence-electron chi connectivity index (χ4n) is 6.57. The van der Waals surface area contributed by atoms with Crippen molar-refractivity contribution in [2.75, 3.05) is 0 Å². The van der Waals surface area contributed by atoms with Crippen molar-refractivity contribution in [1.29, 1.82) is 0 Å². The Balaban J connectivity index is 1.57. The standard InChI is InChI=1S/C32H29N/c1-31(2)15-16-32(3,4)30-24-14-10-19-9-12-22(27-18-20-7-5-6-8-26(20)33-27)23-13-11-21(17-25(30)31)29(24)28(19)23/h5-14,17H,15-16,18H2,1-4H3. The zero-order valence-electron chi connectivity index (χ0n) is 19.9. The second-order valence-corrected chi connectivity index (χ2v) is 11.5. The Morgan fingerprint density at radius 1 is 0.697 bits per heavy atom. The normalized spacial score (nSPS) is 18.6. The maximum Gasteiger partial charge on any atom is 0.0669 e. The molecule has 0 N–H and O–H groups in total. The molecule has 0 radical (unpaired) electrons. The highest BCUT2D eigenvalue weighted by atomic mass is 14.8. The molecule has 0 unspecified atom stereocenters. The van der Waals surface area contributed by atoms with E-state index in [1.54, 1.807) is 11.1 Å². The summed E-state index contributed by atoms with van der Waals surface area (Å²) in [6.07, 6.45) is 3.39. The average molecular weight is 428 g/mol. The fourth-order valence-corrected chi connectivity index (χ4v) is 6.57. The van der Waals surface area contributed by atoms with Crippen LogP contribution in [0.2, 0.25) is 0 Å². The molecule has 0 aromatic heterocycles. The zero-order chi connectivity index (χ0) is 22.5. The van der Waals surface area contributed by atoms with E-state index in [9.17, 15) is 0 Å². The molecule has 162 valence electrons. The summed E-state index contributed by atoms with van der Waals surface area (Å²) >= 11 is 0. The number of nitrogens with zero attached hydrogens (tertiary/aromatic N) is 1. The molecule has 1 nitrogen and oxygen atoms in total. The van der Waals surface area contributed by atoms with Crippen LogP contribution in [0.15, 0.2) is 71.7 Å². The van der Waals surface area contributed by atoms with Crippen LogP contribution in [0.25, 0.3) is 32.3 Å². The van der Waals surface area contributed by atoms with Crippen LogP contribution in [0.5, 0.6) is 0 Å². The molecule has 0 saturated carbocycles. The van der Waals surface area contributed by atoms with Crippen LogP contribution in [0.4, 0.5) is 5.69 Å². The summed E-state index contributed by atoms with van der Waals surface area (Å²) in [7, 11) is 0. The molecule has 0 saturated heterocycles. The number of benzene rings is 5. The highest BCUT2D eigenvalue weighted by molar-refractivity contribution is 6.28. The van der Waals surface area contributed by atoms with Gasteiger partial charge in [-0.05, 0) is 78.7 Å². The summed E-state index contributed by atoms with van der Waals surface area (Å²) in [6, 6.07) is 25.1. The van der Waals surface area contributed by atoms with Gasteiger partial charge in [0.25, 0.3) is 0 Å². The minimum Gasteiger partial charge on any atom is -0.252 e. The molecular formula is C32H29N. The molecule has 7 rings (SSSR count). The number of fused-ring (bicyclic) bond motifs is 3. The number of para-hydroxylation sites is 1. The maximum absolute atomic E-state index is 5.03. The molecule has 0 fully saturated rings. The molecule has 0 amide bonds. The summed E-state index contributed by atoms with van der Waals surface area (Å²) in [5.41, 5.74) is 8.44. The quantitative estimate of drug-likeness (QED) is 0.237. The molecule has 5 aromatic carbocycles. The number of rotatable bonds is 1. The van der Waals surface area contributed by atoms with E-state index in [0.29, 0.717) is 0 Å². The van der Waals surface area contributed by atoms with Crippen molar-refractivity contribution in [3.8, 4) is 0 Å². The first kappa shape index (κ1) is 19.3. The van der Waals surface area contributed by atoms with Crippen LogP contribution in [0.1, 0.15) is 62.8 Å². The van der Waals surface area contributed by atoms with Crippen molar-refractivity contribution in [2.45, 2.75) is 57.8 Å². The topological polar surface area (TPSA) is 12.4 Å². The van der Waals surface area contributed by atoms with Gasteiger partial charge in [0.2, 0.25) is 0 Å². The van der Waals surface area contributed by atoms with E-state index in [0.717, 1.165) is 12.1 Å². The Morgan fingerprint density at radius 2 is 1.39 bits per heavy atom. The van der Waals surface area contributed by atoms with E-state index in [2.05, 4.69) is 94.4 Å². The van der Waals surface area contributed by atoms with Crippen LogP contribution >= 0.6 is 0 Å². The van der Waals surface area contributed by atoms with E-state index in [1.165, 1.54) is 62.0 Å². The number of hydrogen-bond acceptors (Lipinski definition) is 1. The van der Waals surface area contributed by atoms with Crippen LogP contribution in [0, 0.1) is 0 Å². The molecule has 1 aliphatic heterocycles. The predicted octanol–water partition coefficient (Wildman–Crippen LogP) is 8.61. The Hall–Kier alpha value is -3.19. The molecule has 1 heterocycles. The highest BCUT2D eigenvalue weighted by Crippen LogP contribution is 2.51. The first-order valence-corrected chi connectivity index (χ1v) is 12.2. The summed E-state index contributed by atoms with van der Waals surface area (Å²) in [6.45, 7) is 9.72. The molecule has 0 bridgehead atoms. The summed E-state index contributed by atoms with van der Waals surface area (Å²) in [5.74, 6) is 0. The molecule has 0 spiro atoms. The van der Waals surface area contributed by atoms with Crippen molar-refractivity contribution in [1.82, 2.24) is 0 Å². The van der Waals surface area contributed by atoms with Crippen LogP contribution < -0.4 is 0 Å². The zero-order valence-corrected chi connectivity index (χ0v) is 19.9. The van der Waals surface area contributed by atoms with E-state index in [-0.39, 0.29) is 10.8 Å². The average Bonchev–Trinajstić information content (AvgIpc) is 3.24. The Morgan fingerprint density at radius 3 is 2.24 bits per heavy atom. The number of aliphatic imine (C=N–C) groups is 1.